The van der Waals surface area contributed by atoms with Gasteiger partial charge in [0, 0.05) is 17.9 Å². The van der Waals surface area contributed by atoms with Crippen molar-refractivity contribution in [2.45, 2.75) is 29.9 Å². The Morgan fingerprint density at radius 1 is 1.30 bits per heavy atom. The summed E-state index contributed by atoms with van der Waals surface area (Å²) < 4.78 is 4.29. The van der Waals surface area contributed by atoms with Crippen molar-refractivity contribution in [2.75, 3.05) is 11.9 Å². The highest BCUT2D eigenvalue weighted by Gasteiger charge is 2.45. The van der Waals surface area contributed by atoms with Gasteiger partial charge in [-0.2, -0.15) is 0 Å². The van der Waals surface area contributed by atoms with Gasteiger partial charge in [0.1, 0.15) is 11.5 Å². The molecule has 2 N–H and O–H groups in total. The highest BCUT2D eigenvalue weighted by molar-refractivity contribution is 8.02. The van der Waals surface area contributed by atoms with Crippen LogP contribution in [0.5, 0.6) is 0 Å². The van der Waals surface area contributed by atoms with Gasteiger partial charge in [0.05, 0.1) is 5.69 Å². The molecule has 5 nitrogen and oxygen atoms in total. The summed E-state index contributed by atoms with van der Waals surface area (Å²) in [6.07, 6.45) is 0.596. The molecular formula is C17H18N2O3S. The molecule has 1 atom stereocenters. The fourth-order valence-electron chi connectivity index (χ4n) is 2.40. The Labute approximate surface area is 138 Å². The Bertz CT molecular complexity index is 756. The number of fused-ring (bicyclic) bond motifs is 1. The van der Waals surface area contributed by atoms with Crippen molar-refractivity contribution in [3.63, 3.8) is 0 Å². The second-order valence-electron chi connectivity index (χ2n) is 5.60. The van der Waals surface area contributed by atoms with Crippen LogP contribution in [-0.4, -0.2) is 23.1 Å². The van der Waals surface area contributed by atoms with E-state index in [-0.39, 0.29) is 11.8 Å². The van der Waals surface area contributed by atoms with Crippen molar-refractivity contribution in [1.29, 1.82) is 0 Å². The van der Waals surface area contributed by atoms with Gasteiger partial charge in [-0.3, -0.25) is 9.59 Å². The lowest BCUT2D eigenvalue weighted by Crippen LogP contribution is -2.52. The molecule has 0 bridgehead atoms. The third-order valence-electron chi connectivity index (χ3n) is 3.77. The molecule has 23 heavy (non-hydrogen) atoms. The van der Waals surface area contributed by atoms with Crippen LogP contribution in [0.2, 0.25) is 0 Å². The van der Waals surface area contributed by atoms with Gasteiger partial charge in [-0.1, -0.05) is 23.9 Å². The maximum atomic E-state index is 12.5. The van der Waals surface area contributed by atoms with Gasteiger partial charge in [-0.05, 0) is 38.1 Å². The number of carbonyl (C=O) groups excluding carboxylic acids is 2. The first-order valence-corrected chi connectivity index (χ1v) is 8.24. The Hall–Kier alpha value is -2.21. The smallest absolute Gasteiger partial charge is 0.250 e. The van der Waals surface area contributed by atoms with E-state index in [1.54, 1.807) is 6.92 Å². The van der Waals surface area contributed by atoms with Crippen LogP contribution in [0, 0.1) is 6.92 Å². The largest absolute Gasteiger partial charge is 0.466 e. The zero-order valence-corrected chi connectivity index (χ0v) is 13.8. The van der Waals surface area contributed by atoms with Crippen molar-refractivity contribution in [3.8, 4) is 0 Å². The number of carbonyl (C=O) groups is 2. The van der Waals surface area contributed by atoms with Gasteiger partial charge in [0.2, 0.25) is 11.8 Å². The van der Waals surface area contributed by atoms with E-state index in [2.05, 4.69) is 10.6 Å². The summed E-state index contributed by atoms with van der Waals surface area (Å²) in [7, 11) is 0. The van der Waals surface area contributed by atoms with Crippen LogP contribution in [-0.2, 0) is 16.0 Å². The molecule has 2 heterocycles. The molecule has 0 spiro atoms. The first-order chi connectivity index (χ1) is 11.0. The maximum absolute atomic E-state index is 12.5. The molecule has 1 unspecified atom stereocenters. The van der Waals surface area contributed by atoms with E-state index < -0.39 is 4.75 Å². The maximum Gasteiger partial charge on any atom is 0.250 e. The van der Waals surface area contributed by atoms with Gasteiger partial charge in [-0.25, -0.2) is 0 Å². The van der Waals surface area contributed by atoms with Crippen molar-refractivity contribution >= 4 is 29.3 Å². The number of aryl methyl sites for hydroxylation is 1. The molecule has 0 fully saturated rings. The Kier molecular flexibility index (Phi) is 4.17. The van der Waals surface area contributed by atoms with Gasteiger partial charge in [0.25, 0.3) is 0 Å². The molecular weight excluding hydrogens is 312 g/mol. The highest BCUT2D eigenvalue weighted by Crippen LogP contribution is 2.42. The summed E-state index contributed by atoms with van der Waals surface area (Å²) >= 11 is 1.28. The second kappa shape index (κ2) is 6.12. The minimum atomic E-state index is -1.17. The highest BCUT2D eigenvalue weighted by atomic mass is 32.2. The van der Waals surface area contributed by atoms with Gasteiger partial charge < -0.3 is 15.1 Å². The molecule has 0 saturated heterocycles. The van der Waals surface area contributed by atoms with E-state index in [1.807, 2.05) is 43.3 Å². The van der Waals surface area contributed by atoms with Gasteiger partial charge in [0.15, 0.2) is 4.75 Å². The molecule has 6 heteroatoms. The van der Waals surface area contributed by atoms with Crippen LogP contribution in [0.25, 0.3) is 0 Å². The molecule has 120 valence electrons. The zero-order chi connectivity index (χ0) is 16.4. The number of hydrogen-bond donors (Lipinski definition) is 2. The van der Waals surface area contributed by atoms with Crippen LogP contribution in [0.1, 0.15) is 18.4 Å². The predicted octanol–water partition coefficient (Wildman–Crippen LogP) is 2.75. The number of hydrogen-bond acceptors (Lipinski definition) is 4. The molecule has 2 aromatic rings. The van der Waals surface area contributed by atoms with Crippen LogP contribution < -0.4 is 10.6 Å². The number of anilines is 1. The summed E-state index contributed by atoms with van der Waals surface area (Å²) in [5.74, 6) is 1.07. The summed E-state index contributed by atoms with van der Waals surface area (Å²) in [6.45, 7) is 3.95. The van der Waals surface area contributed by atoms with Crippen LogP contribution in [0.4, 0.5) is 5.69 Å². The monoisotopic (exact) mass is 330 g/mol. The predicted molar refractivity (Wildman–Crippen MR) is 89.5 cm³/mol. The molecule has 1 aliphatic rings. The fourth-order valence-corrected chi connectivity index (χ4v) is 3.53. The number of thioether (sulfide) groups is 1. The number of furan rings is 1. The average molecular weight is 330 g/mol. The molecule has 0 radical (unpaired) electrons. The second-order valence-corrected chi connectivity index (χ2v) is 7.06. The van der Waals surface area contributed by atoms with Crippen molar-refractivity contribution in [3.05, 3.63) is 47.9 Å². The summed E-state index contributed by atoms with van der Waals surface area (Å²) in [5, 5.41) is 5.63. The molecule has 1 aromatic heterocycles. The summed E-state index contributed by atoms with van der Waals surface area (Å²) in [4.78, 5) is 25.8. The first kappa shape index (κ1) is 15.7. The number of benzene rings is 1. The summed E-state index contributed by atoms with van der Waals surface area (Å²) in [6, 6.07) is 11.3. The average Bonchev–Trinajstić information content (AvgIpc) is 2.93. The third-order valence-corrected chi connectivity index (χ3v) is 5.12. The standard InChI is InChI=1S/C17H18N2O3S/c1-11-7-8-12(22-11)9-10-18-15(20)17(2)16(21)19-13-5-3-4-6-14(13)23-17/h3-8H,9-10H2,1-2H3,(H,18,20)(H,19,21). The van der Waals surface area contributed by atoms with E-state index in [9.17, 15) is 9.59 Å². The zero-order valence-electron chi connectivity index (χ0n) is 13.0. The molecule has 1 aromatic carbocycles. The van der Waals surface area contributed by atoms with Crippen LogP contribution >= 0.6 is 11.8 Å². The first-order valence-electron chi connectivity index (χ1n) is 7.42. The normalized spacial score (nSPS) is 19.8. The fraction of sp³-hybridized carbons (Fsp3) is 0.294. The Morgan fingerprint density at radius 3 is 2.83 bits per heavy atom. The van der Waals surface area contributed by atoms with Crippen LogP contribution in [0.3, 0.4) is 0 Å². The number of nitrogens with one attached hydrogen (secondary N) is 2. The molecule has 2 amide bonds. The van der Waals surface area contributed by atoms with E-state index in [0.717, 1.165) is 22.1 Å². The molecule has 3 rings (SSSR count). The SMILES string of the molecule is Cc1ccc(CCNC(=O)C2(C)Sc3ccccc3NC2=O)o1. The van der Waals surface area contributed by atoms with E-state index in [4.69, 9.17) is 4.42 Å². The third kappa shape index (κ3) is 3.12. The summed E-state index contributed by atoms with van der Waals surface area (Å²) in [5.41, 5.74) is 0.749. The number of rotatable bonds is 4. The van der Waals surface area contributed by atoms with E-state index in [1.165, 1.54) is 11.8 Å². The lowest BCUT2D eigenvalue weighted by Gasteiger charge is -2.31. The number of amides is 2. The lowest BCUT2D eigenvalue weighted by molar-refractivity contribution is -0.129. The van der Waals surface area contributed by atoms with E-state index >= 15 is 0 Å². The Balaban J connectivity index is 1.65. The van der Waals surface area contributed by atoms with E-state index in [0.29, 0.717) is 13.0 Å². The van der Waals surface area contributed by atoms with Crippen molar-refractivity contribution < 1.29 is 14.0 Å². The number of para-hydroxylation sites is 1. The quantitative estimate of drug-likeness (QED) is 0.846. The van der Waals surface area contributed by atoms with Crippen molar-refractivity contribution in [2.24, 2.45) is 0 Å². The minimum absolute atomic E-state index is 0.294. The van der Waals surface area contributed by atoms with Crippen molar-refractivity contribution in [1.82, 2.24) is 5.32 Å². The lowest BCUT2D eigenvalue weighted by atomic mass is 10.1. The topological polar surface area (TPSA) is 71.3 Å². The Morgan fingerprint density at radius 2 is 2.09 bits per heavy atom. The minimum Gasteiger partial charge on any atom is -0.466 e. The molecule has 0 saturated carbocycles. The van der Waals surface area contributed by atoms with Gasteiger partial charge in [-0.15, -0.1) is 0 Å². The molecule has 0 aliphatic carbocycles. The van der Waals surface area contributed by atoms with Gasteiger partial charge >= 0.3 is 0 Å². The van der Waals surface area contributed by atoms with Crippen LogP contribution in [0.15, 0.2) is 45.7 Å². The molecule has 1 aliphatic heterocycles.